The van der Waals surface area contributed by atoms with Gasteiger partial charge in [-0.05, 0) is 55.8 Å². The van der Waals surface area contributed by atoms with Gasteiger partial charge in [0.25, 0.3) is 11.6 Å². The van der Waals surface area contributed by atoms with Crippen molar-refractivity contribution in [2.45, 2.75) is 32.7 Å². The molecule has 4 aromatic rings. The van der Waals surface area contributed by atoms with E-state index in [0.717, 1.165) is 22.6 Å². The monoisotopic (exact) mass is 543 g/mol. The number of hydrogen-bond acceptors (Lipinski definition) is 8. The summed E-state index contributed by atoms with van der Waals surface area (Å²) < 4.78 is 16.8. The van der Waals surface area contributed by atoms with Crippen LogP contribution in [-0.2, 0) is 22.4 Å². The number of carbonyl (C=O) groups is 2. The fraction of sp³-hybridized carbons (Fsp3) is 0.233. The third-order valence-electron chi connectivity index (χ3n) is 6.10. The summed E-state index contributed by atoms with van der Waals surface area (Å²) in [6.07, 6.45) is 0.766. The molecule has 1 aromatic heterocycles. The second kappa shape index (κ2) is 13.2. The zero-order chi connectivity index (χ0) is 28.5. The number of nitrogens with zero attached hydrogens (tertiary/aromatic N) is 2. The van der Waals surface area contributed by atoms with Crippen molar-refractivity contribution in [3.8, 4) is 17.2 Å². The highest BCUT2D eigenvalue weighted by atomic mass is 16.6. The number of esters is 1. The zero-order valence-corrected chi connectivity index (χ0v) is 22.2. The van der Waals surface area contributed by atoms with Crippen molar-refractivity contribution in [3.05, 3.63) is 112 Å². The summed E-state index contributed by atoms with van der Waals surface area (Å²) in [5.74, 6) is 0.867. The van der Waals surface area contributed by atoms with Crippen LogP contribution in [-0.4, -0.2) is 41.0 Å². The average Bonchev–Trinajstić information content (AvgIpc) is 3.34. The van der Waals surface area contributed by atoms with Crippen LogP contribution >= 0.6 is 0 Å². The zero-order valence-electron chi connectivity index (χ0n) is 22.2. The van der Waals surface area contributed by atoms with Crippen LogP contribution in [0.5, 0.6) is 5.75 Å². The number of oxazole rings is 1. The van der Waals surface area contributed by atoms with Crippen molar-refractivity contribution in [3.63, 3.8) is 0 Å². The first-order valence-corrected chi connectivity index (χ1v) is 12.8. The van der Waals surface area contributed by atoms with Crippen LogP contribution in [0, 0.1) is 17.0 Å². The number of aryl methyl sites for hydroxylation is 1. The van der Waals surface area contributed by atoms with Crippen LogP contribution in [0.2, 0.25) is 0 Å². The second-order valence-corrected chi connectivity index (χ2v) is 8.92. The summed E-state index contributed by atoms with van der Waals surface area (Å²) in [6.45, 7) is 4.12. The molecular formula is C30H29N3O7. The van der Waals surface area contributed by atoms with E-state index in [9.17, 15) is 19.7 Å². The number of nitrogens with one attached hydrogen (secondary N) is 1. The minimum atomic E-state index is -0.941. The number of non-ortho nitro benzene ring substituents is 1. The highest BCUT2D eigenvalue weighted by Crippen LogP contribution is 2.22. The van der Waals surface area contributed by atoms with Gasteiger partial charge in [-0.2, -0.15) is 0 Å². The lowest BCUT2D eigenvalue weighted by molar-refractivity contribution is -0.384. The Kier molecular flexibility index (Phi) is 9.24. The summed E-state index contributed by atoms with van der Waals surface area (Å²) in [5.41, 5.74) is 2.60. The average molecular weight is 544 g/mol. The molecule has 0 saturated carbocycles. The molecule has 10 heteroatoms. The first-order chi connectivity index (χ1) is 19.3. The van der Waals surface area contributed by atoms with E-state index in [4.69, 9.17) is 13.9 Å². The van der Waals surface area contributed by atoms with Gasteiger partial charge in [-0.1, -0.05) is 30.3 Å². The van der Waals surface area contributed by atoms with Crippen molar-refractivity contribution in [1.29, 1.82) is 0 Å². The summed E-state index contributed by atoms with van der Waals surface area (Å²) >= 11 is 0. The number of carbonyl (C=O) groups excluding carboxylic acids is 2. The molecule has 1 atom stereocenters. The molecule has 0 radical (unpaired) electrons. The molecule has 1 heterocycles. The third kappa shape index (κ3) is 7.31. The van der Waals surface area contributed by atoms with Gasteiger partial charge in [0.15, 0.2) is 0 Å². The van der Waals surface area contributed by atoms with E-state index in [0.29, 0.717) is 24.7 Å². The van der Waals surface area contributed by atoms with E-state index < -0.39 is 22.8 Å². The minimum Gasteiger partial charge on any atom is -0.493 e. The Morgan fingerprint density at radius 2 is 1.73 bits per heavy atom. The molecule has 1 unspecified atom stereocenters. The Hall–Kier alpha value is -4.99. The number of aromatic nitrogens is 1. The molecule has 40 heavy (non-hydrogen) atoms. The summed E-state index contributed by atoms with van der Waals surface area (Å²) in [5, 5.41) is 13.5. The van der Waals surface area contributed by atoms with Crippen molar-refractivity contribution >= 4 is 17.6 Å². The topological polar surface area (TPSA) is 134 Å². The molecule has 0 saturated heterocycles. The fourth-order valence-electron chi connectivity index (χ4n) is 4.00. The summed E-state index contributed by atoms with van der Waals surface area (Å²) in [6, 6.07) is 21.1. The maximum absolute atomic E-state index is 12.7. The van der Waals surface area contributed by atoms with E-state index in [2.05, 4.69) is 10.3 Å². The van der Waals surface area contributed by atoms with Crippen LogP contribution in [0.1, 0.15) is 34.3 Å². The molecule has 206 valence electrons. The molecule has 1 amide bonds. The molecule has 0 aliphatic rings. The van der Waals surface area contributed by atoms with E-state index in [1.165, 1.54) is 24.3 Å². The molecule has 0 bridgehead atoms. The first kappa shape index (κ1) is 28.0. The number of amides is 1. The summed E-state index contributed by atoms with van der Waals surface area (Å²) in [4.78, 5) is 40.2. The standard InChI is InChI=1S/C30H29N3O7/c1-3-38-30(35)27(31-28(34)22-11-13-24(14-12-22)33(36)37)19-21-9-15-25(16-10-21)39-18-17-26-20(2)40-29(32-26)23-7-5-4-6-8-23/h4-16,27H,3,17-19H2,1-2H3,(H,31,34). The SMILES string of the molecule is CCOC(=O)C(Cc1ccc(OCCc2nc(-c3ccccc3)oc2C)cc1)NC(=O)c1ccc([N+](=O)[O-])cc1. The quantitative estimate of drug-likeness (QED) is 0.148. The fourth-order valence-corrected chi connectivity index (χ4v) is 4.00. The number of hydrogen-bond donors (Lipinski definition) is 1. The maximum Gasteiger partial charge on any atom is 0.328 e. The number of nitro groups is 1. The molecule has 10 nitrogen and oxygen atoms in total. The van der Waals surface area contributed by atoms with Crippen LogP contribution in [0.15, 0.2) is 83.3 Å². The lowest BCUT2D eigenvalue weighted by Gasteiger charge is -2.18. The molecule has 0 aliphatic heterocycles. The second-order valence-electron chi connectivity index (χ2n) is 8.92. The molecule has 0 aliphatic carbocycles. The van der Waals surface area contributed by atoms with Gasteiger partial charge in [0.1, 0.15) is 17.6 Å². The molecule has 4 rings (SSSR count). The Morgan fingerprint density at radius 1 is 1.02 bits per heavy atom. The molecule has 3 aromatic carbocycles. The van der Waals surface area contributed by atoms with Gasteiger partial charge in [0.05, 0.1) is 23.8 Å². The van der Waals surface area contributed by atoms with Crippen LogP contribution in [0.4, 0.5) is 5.69 Å². The van der Waals surface area contributed by atoms with Crippen LogP contribution < -0.4 is 10.1 Å². The lowest BCUT2D eigenvalue weighted by atomic mass is 10.0. The van der Waals surface area contributed by atoms with E-state index in [1.54, 1.807) is 19.1 Å². The van der Waals surface area contributed by atoms with E-state index >= 15 is 0 Å². The van der Waals surface area contributed by atoms with Gasteiger partial charge in [-0.25, -0.2) is 9.78 Å². The molecular weight excluding hydrogens is 514 g/mol. The van der Waals surface area contributed by atoms with Gasteiger partial charge in [0.2, 0.25) is 5.89 Å². The lowest BCUT2D eigenvalue weighted by Crippen LogP contribution is -2.43. The van der Waals surface area contributed by atoms with Crippen LogP contribution in [0.25, 0.3) is 11.5 Å². The molecule has 0 spiro atoms. The van der Waals surface area contributed by atoms with Gasteiger partial charge in [0, 0.05) is 36.1 Å². The number of rotatable bonds is 12. The van der Waals surface area contributed by atoms with Crippen molar-refractivity contribution in [2.75, 3.05) is 13.2 Å². The Balaban J connectivity index is 1.34. The predicted molar refractivity (Wildman–Crippen MR) is 147 cm³/mol. The van der Waals surface area contributed by atoms with Gasteiger partial charge >= 0.3 is 5.97 Å². The minimum absolute atomic E-state index is 0.131. The smallest absolute Gasteiger partial charge is 0.328 e. The van der Waals surface area contributed by atoms with Gasteiger partial charge < -0.3 is 19.2 Å². The van der Waals surface area contributed by atoms with Crippen molar-refractivity contribution in [2.24, 2.45) is 0 Å². The first-order valence-electron chi connectivity index (χ1n) is 12.8. The summed E-state index contributed by atoms with van der Waals surface area (Å²) in [7, 11) is 0. The largest absolute Gasteiger partial charge is 0.493 e. The Bertz CT molecular complexity index is 1450. The van der Waals surface area contributed by atoms with Gasteiger partial charge in [-0.3, -0.25) is 14.9 Å². The van der Waals surface area contributed by atoms with Crippen molar-refractivity contribution < 1.29 is 28.4 Å². The van der Waals surface area contributed by atoms with E-state index in [1.807, 2.05) is 49.4 Å². The van der Waals surface area contributed by atoms with Crippen molar-refractivity contribution in [1.82, 2.24) is 10.3 Å². The number of benzene rings is 3. The Morgan fingerprint density at radius 3 is 2.38 bits per heavy atom. The maximum atomic E-state index is 12.7. The number of ether oxygens (including phenoxy) is 2. The molecule has 0 fully saturated rings. The third-order valence-corrected chi connectivity index (χ3v) is 6.10. The predicted octanol–water partition coefficient (Wildman–Crippen LogP) is 5.08. The number of nitro benzene ring substituents is 1. The Labute approximate surface area is 231 Å². The van der Waals surface area contributed by atoms with Gasteiger partial charge in [-0.15, -0.1) is 0 Å². The highest BCUT2D eigenvalue weighted by Gasteiger charge is 2.23. The molecule has 1 N–H and O–H groups in total. The normalized spacial score (nSPS) is 11.4. The van der Waals surface area contributed by atoms with E-state index in [-0.39, 0.29) is 24.3 Å². The van der Waals surface area contributed by atoms with Crippen LogP contribution in [0.3, 0.4) is 0 Å². The highest BCUT2D eigenvalue weighted by molar-refractivity contribution is 5.97.